The molecule has 6 nitrogen and oxygen atoms in total. The van der Waals surface area contributed by atoms with Crippen molar-refractivity contribution < 1.29 is 14.3 Å². The highest BCUT2D eigenvalue weighted by atomic mass is 16.5. The third kappa shape index (κ3) is 4.78. The van der Waals surface area contributed by atoms with Gasteiger partial charge in [0, 0.05) is 30.9 Å². The maximum absolute atomic E-state index is 12.5. The predicted molar refractivity (Wildman–Crippen MR) is 105 cm³/mol. The molecule has 0 aliphatic carbocycles. The molecule has 6 heteroatoms. The SMILES string of the molecule is COc1ccc(C(=O)NCCNC(=O)[C@H]2CCCN2c2ccccc2)cc1. The highest BCUT2D eigenvalue weighted by Crippen LogP contribution is 2.25. The molecule has 0 saturated carbocycles. The summed E-state index contributed by atoms with van der Waals surface area (Å²) in [6, 6.07) is 16.8. The van der Waals surface area contributed by atoms with Crippen LogP contribution < -0.4 is 20.3 Å². The fourth-order valence-electron chi connectivity index (χ4n) is 3.29. The summed E-state index contributed by atoms with van der Waals surface area (Å²) in [5.41, 5.74) is 1.64. The minimum atomic E-state index is -0.168. The van der Waals surface area contributed by atoms with Crippen LogP contribution in [0.5, 0.6) is 5.75 Å². The number of nitrogens with zero attached hydrogens (tertiary/aromatic N) is 1. The zero-order valence-corrected chi connectivity index (χ0v) is 15.5. The predicted octanol–water partition coefficient (Wildman–Crippen LogP) is 2.21. The van der Waals surface area contributed by atoms with Gasteiger partial charge in [0.05, 0.1) is 7.11 Å². The molecule has 0 bridgehead atoms. The van der Waals surface area contributed by atoms with E-state index in [-0.39, 0.29) is 17.9 Å². The Kier molecular flexibility index (Phi) is 6.30. The van der Waals surface area contributed by atoms with Crippen molar-refractivity contribution in [2.45, 2.75) is 18.9 Å². The number of methoxy groups -OCH3 is 1. The first-order chi connectivity index (χ1) is 13.2. The molecular formula is C21H25N3O3. The molecule has 2 amide bonds. The van der Waals surface area contributed by atoms with E-state index in [4.69, 9.17) is 4.74 Å². The Balaban J connectivity index is 1.44. The Labute approximate surface area is 159 Å². The first-order valence-corrected chi connectivity index (χ1v) is 9.20. The maximum Gasteiger partial charge on any atom is 0.251 e. The van der Waals surface area contributed by atoms with Crippen molar-refractivity contribution >= 4 is 17.5 Å². The first-order valence-electron chi connectivity index (χ1n) is 9.20. The molecule has 0 aromatic heterocycles. The molecule has 0 unspecified atom stereocenters. The Morgan fingerprint density at radius 3 is 2.44 bits per heavy atom. The second-order valence-electron chi connectivity index (χ2n) is 6.46. The number of rotatable bonds is 7. The van der Waals surface area contributed by atoms with Crippen molar-refractivity contribution in [1.29, 1.82) is 0 Å². The summed E-state index contributed by atoms with van der Waals surface area (Å²) in [6.45, 7) is 1.67. The Bertz CT molecular complexity index is 762. The lowest BCUT2D eigenvalue weighted by molar-refractivity contribution is -0.122. The number of carbonyl (C=O) groups is 2. The van der Waals surface area contributed by atoms with Gasteiger partial charge < -0.3 is 20.3 Å². The molecule has 1 saturated heterocycles. The maximum atomic E-state index is 12.5. The van der Waals surface area contributed by atoms with Gasteiger partial charge in [-0.05, 0) is 49.2 Å². The fourth-order valence-corrected chi connectivity index (χ4v) is 3.29. The van der Waals surface area contributed by atoms with E-state index in [0.29, 0.717) is 24.4 Å². The van der Waals surface area contributed by atoms with Gasteiger partial charge in [-0.2, -0.15) is 0 Å². The van der Waals surface area contributed by atoms with Crippen LogP contribution in [0.2, 0.25) is 0 Å². The minimum Gasteiger partial charge on any atom is -0.497 e. The minimum absolute atomic E-state index is 0.00931. The van der Waals surface area contributed by atoms with Crippen molar-refractivity contribution in [2.24, 2.45) is 0 Å². The summed E-state index contributed by atoms with van der Waals surface area (Å²) in [7, 11) is 1.58. The van der Waals surface area contributed by atoms with Crippen LogP contribution in [0.3, 0.4) is 0 Å². The lowest BCUT2D eigenvalue weighted by Gasteiger charge is -2.26. The molecule has 0 radical (unpaired) electrons. The van der Waals surface area contributed by atoms with Crippen LogP contribution >= 0.6 is 0 Å². The molecule has 2 N–H and O–H groups in total. The summed E-state index contributed by atoms with van der Waals surface area (Å²) in [5, 5.41) is 5.75. The average Bonchev–Trinajstić information content (AvgIpc) is 3.21. The van der Waals surface area contributed by atoms with E-state index in [1.54, 1.807) is 31.4 Å². The summed E-state index contributed by atoms with van der Waals surface area (Å²) in [6.07, 6.45) is 1.85. The molecule has 1 atom stereocenters. The monoisotopic (exact) mass is 367 g/mol. The van der Waals surface area contributed by atoms with Crippen LogP contribution in [-0.4, -0.2) is 44.6 Å². The normalized spacial score (nSPS) is 16.0. The van der Waals surface area contributed by atoms with Crippen LogP contribution in [0.15, 0.2) is 54.6 Å². The van der Waals surface area contributed by atoms with Gasteiger partial charge in [-0.15, -0.1) is 0 Å². The third-order valence-corrected chi connectivity index (χ3v) is 4.71. The zero-order valence-electron chi connectivity index (χ0n) is 15.5. The summed E-state index contributed by atoms with van der Waals surface area (Å²) in [5.74, 6) is 0.548. The van der Waals surface area contributed by atoms with Gasteiger partial charge in [-0.3, -0.25) is 9.59 Å². The van der Waals surface area contributed by atoms with E-state index in [2.05, 4.69) is 15.5 Å². The number of ether oxygens (including phenoxy) is 1. The standard InChI is InChI=1S/C21H25N3O3/c1-27-18-11-9-16(10-12-18)20(25)22-13-14-23-21(26)19-8-5-15-24(19)17-6-3-2-4-7-17/h2-4,6-7,9-12,19H,5,8,13-15H2,1H3,(H,22,25)(H,23,26)/t19-/m1/s1. The van der Waals surface area contributed by atoms with Crippen molar-refractivity contribution in [1.82, 2.24) is 10.6 Å². The molecule has 1 aliphatic heterocycles. The quantitative estimate of drug-likeness (QED) is 0.736. The highest BCUT2D eigenvalue weighted by molar-refractivity contribution is 5.94. The second kappa shape index (κ2) is 9.07. The van der Waals surface area contributed by atoms with Crippen LogP contribution in [0.1, 0.15) is 23.2 Å². The smallest absolute Gasteiger partial charge is 0.251 e. The van der Waals surface area contributed by atoms with Crippen LogP contribution in [-0.2, 0) is 4.79 Å². The molecule has 0 spiro atoms. The number of anilines is 1. The van der Waals surface area contributed by atoms with Gasteiger partial charge in [0.1, 0.15) is 11.8 Å². The van der Waals surface area contributed by atoms with Gasteiger partial charge in [0.25, 0.3) is 5.91 Å². The number of benzene rings is 2. The van der Waals surface area contributed by atoms with Crippen molar-refractivity contribution in [3.05, 3.63) is 60.2 Å². The number of nitrogens with one attached hydrogen (secondary N) is 2. The van der Waals surface area contributed by atoms with Crippen molar-refractivity contribution in [3.8, 4) is 5.75 Å². The summed E-state index contributed by atoms with van der Waals surface area (Å²) in [4.78, 5) is 26.8. The lowest BCUT2D eigenvalue weighted by Crippen LogP contribution is -2.45. The highest BCUT2D eigenvalue weighted by Gasteiger charge is 2.30. The molecule has 3 rings (SSSR count). The molecule has 1 fully saturated rings. The molecular weight excluding hydrogens is 342 g/mol. The number of hydrogen-bond acceptors (Lipinski definition) is 4. The van der Waals surface area contributed by atoms with Crippen molar-refractivity contribution in [2.75, 3.05) is 31.6 Å². The first kappa shape index (κ1) is 18.8. The fraction of sp³-hybridized carbons (Fsp3) is 0.333. The van der Waals surface area contributed by atoms with Gasteiger partial charge in [-0.1, -0.05) is 18.2 Å². The molecule has 142 valence electrons. The molecule has 27 heavy (non-hydrogen) atoms. The Hall–Kier alpha value is -3.02. The van der Waals surface area contributed by atoms with E-state index >= 15 is 0 Å². The van der Waals surface area contributed by atoms with Crippen LogP contribution in [0.25, 0.3) is 0 Å². The van der Waals surface area contributed by atoms with Gasteiger partial charge in [-0.25, -0.2) is 0 Å². The van der Waals surface area contributed by atoms with E-state index in [1.807, 2.05) is 30.3 Å². The second-order valence-corrected chi connectivity index (χ2v) is 6.46. The van der Waals surface area contributed by atoms with Gasteiger partial charge in [0.2, 0.25) is 5.91 Å². The number of amides is 2. The Morgan fingerprint density at radius 1 is 1.04 bits per heavy atom. The third-order valence-electron chi connectivity index (χ3n) is 4.71. The molecule has 2 aromatic rings. The van der Waals surface area contributed by atoms with E-state index < -0.39 is 0 Å². The van der Waals surface area contributed by atoms with Gasteiger partial charge >= 0.3 is 0 Å². The van der Waals surface area contributed by atoms with Crippen LogP contribution in [0.4, 0.5) is 5.69 Å². The molecule has 1 heterocycles. The van der Waals surface area contributed by atoms with E-state index in [0.717, 1.165) is 25.1 Å². The summed E-state index contributed by atoms with van der Waals surface area (Å²) < 4.78 is 5.08. The van der Waals surface area contributed by atoms with Crippen LogP contribution in [0, 0.1) is 0 Å². The Morgan fingerprint density at radius 2 is 1.74 bits per heavy atom. The van der Waals surface area contributed by atoms with E-state index in [1.165, 1.54) is 0 Å². The largest absolute Gasteiger partial charge is 0.497 e. The topological polar surface area (TPSA) is 70.7 Å². The number of para-hydroxylation sites is 1. The summed E-state index contributed by atoms with van der Waals surface area (Å²) >= 11 is 0. The average molecular weight is 367 g/mol. The number of hydrogen-bond donors (Lipinski definition) is 2. The van der Waals surface area contributed by atoms with Crippen molar-refractivity contribution in [3.63, 3.8) is 0 Å². The zero-order chi connectivity index (χ0) is 19.1. The van der Waals surface area contributed by atoms with E-state index in [9.17, 15) is 9.59 Å². The lowest BCUT2D eigenvalue weighted by atomic mass is 10.2. The van der Waals surface area contributed by atoms with Gasteiger partial charge in [0.15, 0.2) is 0 Å². The number of carbonyl (C=O) groups excluding carboxylic acids is 2. The molecule has 2 aromatic carbocycles. The molecule has 1 aliphatic rings.